The summed E-state index contributed by atoms with van der Waals surface area (Å²) < 4.78 is 10.0. The zero-order valence-corrected chi connectivity index (χ0v) is 11.1. The lowest BCUT2D eigenvalue weighted by Gasteiger charge is -2.09. The van der Waals surface area contributed by atoms with Gasteiger partial charge in [-0.25, -0.2) is 9.59 Å². The van der Waals surface area contributed by atoms with Crippen molar-refractivity contribution in [2.24, 2.45) is 0 Å². The second-order valence-electron chi connectivity index (χ2n) is 3.90. The second kappa shape index (κ2) is 7.88. The van der Waals surface area contributed by atoms with E-state index in [0.29, 0.717) is 12.3 Å². The van der Waals surface area contributed by atoms with Crippen molar-refractivity contribution in [2.75, 3.05) is 19.8 Å². The molecule has 0 aliphatic heterocycles. The van der Waals surface area contributed by atoms with Crippen LogP contribution in [0.1, 0.15) is 23.7 Å². The van der Waals surface area contributed by atoms with Crippen molar-refractivity contribution in [1.29, 1.82) is 0 Å². The number of carbonyl (C=O) groups excluding carboxylic acids is 1. The van der Waals surface area contributed by atoms with E-state index in [9.17, 15) is 14.7 Å². The number of hydrogen-bond donors (Lipinski definition) is 3. The Morgan fingerprint density at radius 3 is 2.65 bits per heavy atom. The summed E-state index contributed by atoms with van der Waals surface area (Å²) in [6.07, 6.45) is 0.306. The molecular weight excluding hydrogens is 266 g/mol. The lowest BCUT2D eigenvalue weighted by molar-refractivity contribution is 0.0693. The van der Waals surface area contributed by atoms with Gasteiger partial charge in [-0.2, -0.15) is 0 Å². The molecule has 0 aliphatic carbocycles. The van der Waals surface area contributed by atoms with Crippen LogP contribution in [0.25, 0.3) is 0 Å². The summed E-state index contributed by atoms with van der Waals surface area (Å²) in [5.41, 5.74) is -0.201. The summed E-state index contributed by atoms with van der Waals surface area (Å²) in [6.45, 7) is 2.63. The van der Waals surface area contributed by atoms with Gasteiger partial charge in [0.1, 0.15) is 30.3 Å². The molecule has 0 bridgehead atoms. The first-order valence-corrected chi connectivity index (χ1v) is 6.14. The van der Waals surface area contributed by atoms with E-state index in [1.54, 1.807) is 0 Å². The van der Waals surface area contributed by atoms with Gasteiger partial charge in [0, 0.05) is 12.6 Å². The molecule has 7 heteroatoms. The topological polar surface area (TPSA) is 105 Å². The van der Waals surface area contributed by atoms with Crippen molar-refractivity contribution in [2.45, 2.75) is 13.3 Å². The Balaban J connectivity index is 2.34. The maximum atomic E-state index is 11.1. The van der Waals surface area contributed by atoms with Crippen molar-refractivity contribution < 1.29 is 29.3 Å². The molecule has 0 heterocycles. The smallest absolute Gasteiger partial charge is 0.407 e. The number of nitrogens with one attached hydrogen (secondary N) is 1. The molecule has 0 atom stereocenters. The van der Waals surface area contributed by atoms with Gasteiger partial charge in [-0.15, -0.1) is 0 Å². The maximum absolute atomic E-state index is 11.1. The number of aromatic hydroxyl groups is 1. The Bertz CT molecular complexity index is 474. The van der Waals surface area contributed by atoms with Crippen molar-refractivity contribution in [3.8, 4) is 11.5 Å². The summed E-state index contributed by atoms with van der Waals surface area (Å²) in [5, 5.41) is 20.7. The van der Waals surface area contributed by atoms with E-state index in [4.69, 9.17) is 14.6 Å². The number of alkyl carbamates (subject to hydrolysis) is 1. The van der Waals surface area contributed by atoms with E-state index >= 15 is 0 Å². The number of ether oxygens (including phenoxy) is 2. The molecule has 1 amide bonds. The van der Waals surface area contributed by atoms with E-state index in [0.717, 1.165) is 6.42 Å². The summed E-state index contributed by atoms with van der Waals surface area (Å²) in [4.78, 5) is 21.8. The van der Waals surface area contributed by atoms with E-state index < -0.39 is 12.1 Å². The van der Waals surface area contributed by atoms with Crippen LogP contribution >= 0.6 is 0 Å². The Morgan fingerprint density at radius 1 is 1.30 bits per heavy atom. The first-order chi connectivity index (χ1) is 9.54. The van der Waals surface area contributed by atoms with Crippen molar-refractivity contribution in [3.05, 3.63) is 23.8 Å². The van der Waals surface area contributed by atoms with Crippen LogP contribution in [0.15, 0.2) is 18.2 Å². The number of carboxylic acid groups (broad SMARTS) is 1. The van der Waals surface area contributed by atoms with E-state index in [1.807, 2.05) is 6.92 Å². The van der Waals surface area contributed by atoms with Gasteiger partial charge in [0.25, 0.3) is 0 Å². The Kier molecular flexibility index (Phi) is 6.15. The van der Waals surface area contributed by atoms with E-state index in [1.165, 1.54) is 18.2 Å². The molecule has 0 radical (unpaired) electrons. The maximum Gasteiger partial charge on any atom is 0.407 e. The lowest BCUT2D eigenvalue weighted by atomic mass is 10.2. The number of phenols is 1. The summed E-state index contributed by atoms with van der Waals surface area (Å²) in [7, 11) is 0. The second-order valence-corrected chi connectivity index (χ2v) is 3.90. The Hall–Kier alpha value is -2.44. The summed E-state index contributed by atoms with van der Waals surface area (Å²) in [6, 6.07) is 3.85. The third kappa shape index (κ3) is 5.05. The number of amides is 1. The fourth-order valence-corrected chi connectivity index (χ4v) is 1.35. The molecule has 1 aromatic carbocycles. The molecule has 0 saturated carbocycles. The van der Waals surface area contributed by atoms with Crippen molar-refractivity contribution in [3.63, 3.8) is 0 Å². The fraction of sp³-hybridized carbons (Fsp3) is 0.385. The molecule has 3 N–H and O–H groups in total. The predicted molar refractivity (Wildman–Crippen MR) is 70.2 cm³/mol. The SMILES string of the molecule is CCCNC(=O)OCCOc1ccc(C(=O)O)c(O)c1. The lowest BCUT2D eigenvalue weighted by Crippen LogP contribution is -2.26. The average molecular weight is 283 g/mol. The van der Waals surface area contributed by atoms with Gasteiger partial charge in [0.2, 0.25) is 0 Å². The minimum absolute atomic E-state index is 0.0526. The van der Waals surface area contributed by atoms with E-state index in [-0.39, 0.29) is 24.5 Å². The van der Waals surface area contributed by atoms with Gasteiger partial charge >= 0.3 is 12.1 Å². The van der Waals surface area contributed by atoms with Crippen molar-refractivity contribution in [1.82, 2.24) is 5.32 Å². The number of carboxylic acids is 1. The number of aromatic carboxylic acids is 1. The highest BCUT2D eigenvalue weighted by Gasteiger charge is 2.10. The molecule has 1 rings (SSSR count). The van der Waals surface area contributed by atoms with Crippen LogP contribution in [0.3, 0.4) is 0 Å². The highest BCUT2D eigenvalue weighted by Crippen LogP contribution is 2.23. The molecule has 0 unspecified atom stereocenters. The molecule has 0 spiro atoms. The van der Waals surface area contributed by atoms with E-state index in [2.05, 4.69) is 5.32 Å². The van der Waals surface area contributed by atoms with Gasteiger partial charge in [-0.3, -0.25) is 0 Å². The van der Waals surface area contributed by atoms with Crippen LogP contribution < -0.4 is 10.1 Å². The molecule has 1 aromatic rings. The normalized spacial score (nSPS) is 9.85. The molecule has 20 heavy (non-hydrogen) atoms. The molecule has 0 fully saturated rings. The third-order valence-corrected chi connectivity index (χ3v) is 2.30. The first kappa shape index (κ1) is 15.6. The molecule has 7 nitrogen and oxygen atoms in total. The Labute approximate surface area is 116 Å². The molecule has 0 aliphatic rings. The standard InChI is InChI=1S/C13H17NO6/c1-2-5-14-13(18)20-7-6-19-9-3-4-10(12(16)17)11(15)8-9/h3-4,8,15H,2,5-7H2,1H3,(H,14,18)(H,16,17). The Morgan fingerprint density at radius 2 is 2.05 bits per heavy atom. The van der Waals surface area contributed by atoms with Crippen LogP contribution in [0.4, 0.5) is 4.79 Å². The zero-order valence-electron chi connectivity index (χ0n) is 11.1. The highest BCUT2D eigenvalue weighted by atomic mass is 16.6. The quantitative estimate of drug-likeness (QED) is 0.656. The average Bonchev–Trinajstić information content (AvgIpc) is 2.41. The highest BCUT2D eigenvalue weighted by molar-refractivity contribution is 5.90. The van der Waals surface area contributed by atoms with Crippen LogP contribution in [-0.2, 0) is 4.74 Å². The van der Waals surface area contributed by atoms with Gasteiger partial charge < -0.3 is 25.0 Å². The molecular formula is C13H17NO6. The largest absolute Gasteiger partial charge is 0.507 e. The number of rotatable bonds is 7. The van der Waals surface area contributed by atoms with Gasteiger partial charge in [-0.05, 0) is 18.6 Å². The van der Waals surface area contributed by atoms with Gasteiger partial charge in [0.15, 0.2) is 0 Å². The van der Waals surface area contributed by atoms with Crippen LogP contribution in [0.5, 0.6) is 11.5 Å². The van der Waals surface area contributed by atoms with Crippen LogP contribution in [0, 0.1) is 0 Å². The number of hydrogen-bond acceptors (Lipinski definition) is 5. The number of carbonyl (C=O) groups is 2. The minimum atomic E-state index is -1.22. The zero-order chi connectivity index (χ0) is 15.0. The van der Waals surface area contributed by atoms with Crippen molar-refractivity contribution >= 4 is 12.1 Å². The molecule has 0 saturated heterocycles. The van der Waals surface area contributed by atoms with Gasteiger partial charge in [-0.1, -0.05) is 6.92 Å². The minimum Gasteiger partial charge on any atom is -0.507 e. The fourth-order valence-electron chi connectivity index (χ4n) is 1.35. The summed E-state index contributed by atoms with van der Waals surface area (Å²) in [5.74, 6) is -1.30. The number of benzene rings is 1. The molecule has 110 valence electrons. The molecule has 0 aromatic heterocycles. The predicted octanol–water partition coefficient (Wildman–Crippen LogP) is 1.61. The van der Waals surface area contributed by atoms with Gasteiger partial charge in [0.05, 0.1) is 0 Å². The van der Waals surface area contributed by atoms with Crippen LogP contribution in [-0.4, -0.2) is 42.0 Å². The third-order valence-electron chi connectivity index (χ3n) is 2.30. The first-order valence-electron chi connectivity index (χ1n) is 6.14. The summed E-state index contributed by atoms with van der Waals surface area (Å²) >= 11 is 0. The van der Waals surface area contributed by atoms with Crippen LogP contribution in [0.2, 0.25) is 0 Å². The monoisotopic (exact) mass is 283 g/mol.